The molecule has 3 N–H and O–H groups in total. The summed E-state index contributed by atoms with van der Waals surface area (Å²) < 4.78 is 5.38. The maximum absolute atomic E-state index is 11.6. The molecule has 0 aromatic heterocycles. The molecule has 1 aromatic carbocycles. The van der Waals surface area contributed by atoms with Crippen LogP contribution in [0.15, 0.2) is 18.2 Å². The van der Waals surface area contributed by atoms with Gasteiger partial charge in [-0.25, -0.2) is 0 Å². The molecule has 2 rings (SSSR count). The fourth-order valence-corrected chi connectivity index (χ4v) is 2.33. The van der Waals surface area contributed by atoms with Crippen LogP contribution in [0.25, 0.3) is 0 Å². The Kier molecular flexibility index (Phi) is 4.76. The van der Waals surface area contributed by atoms with Crippen LogP contribution in [0.3, 0.4) is 0 Å². The second-order valence-corrected chi connectivity index (χ2v) is 4.76. The third kappa shape index (κ3) is 3.68. The number of nitrogens with zero attached hydrogens (tertiary/aromatic N) is 1. The Hall–Kier alpha value is -1.59. The number of carbonyl (C=O) groups excluding carboxylic acids is 1. The maximum Gasteiger partial charge on any atom is 0.234 e. The molecule has 0 atom stereocenters. The molecule has 0 spiro atoms. The van der Waals surface area contributed by atoms with Crippen molar-refractivity contribution in [1.29, 1.82) is 0 Å². The molecular weight excluding hydrogens is 242 g/mol. The van der Waals surface area contributed by atoms with Gasteiger partial charge in [0.15, 0.2) is 0 Å². The summed E-state index contributed by atoms with van der Waals surface area (Å²) in [6.07, 6.45) is 0.977. The quantitative estimate of drug-likeness (QED) is 0.829. The van der Waals surface area contributed by atoms with Gasteiger partial charge >= 0.3 is 0 Å². The van der Waals surface area contributed by atoms with E-state index in [1.54, 1.807) is 7.11 Å². The fraction of sp³-hybridized carbons (Fsp3) is 0.500. The Morgan fingerprint density at radius 1 is 1.47 bits per heavy atom. The highest BCUT2D eigenvalue weighted by Crippen LogP contribution is 2.21. The van der Waals surface area contributed by atoms with E-state index in [9.17, 15) is 4.79 Å². The standard InChI is InChI=1S/C14H21N3O2/c1-19-13-4-3-11(8-15)7-12(13)9-17-6-2-5-16-14(18)10-17/h3-4,7H,2,5-6,8-10,15H2,1H3,(H,16,18). The first-order chi connectivity index (χ1) is 9.22. The van der Waals surface area contributed by atoms with Crippen molar-refractivity contribution in [3.8, 4) is 5.75 Å². The zero-order valence-electron chi connectivity index (χ0n) is 11.3. The van der Waals surface area contributed by atoms with E-state index >= 15 is 0 Å². The molecule has 0 radical (unpaired) electrons. The number of carbonyl (C=O) groups is 1. The van der Waals surface area contributed by atoms with Gasteiger partial charge in [0.1, 0.15) is 5.75 Å². The van der Waals surface area contributed by atoms with Crippen molar-refractivity contribution in [2.75, 3.05) is 26.7 Å². The Morgan fingerprint density at radius 3 is 3.05 bits per heavy atom. The first kappa shape index (κ1) is 13.8. The van der Waals surface area contributed by atoms with E-state index in [1.165, 1.54) is 0 Å². The third-order valence-corrected chi connectivity index (χ3v) is 3.31. The van der Waals surface area contributed by atoms with E-state index in [2.05, 4.69) is 16.3 Å². The summed E-state index contributed by atoms with van der Waals surface area (Å²) in [5.41, 5.74) is 7.83. The maximum atomic E-state index is 11.6. The van der Waals surface area contributed by atoms with Gasteiger partial charge in [-0.3, -0.25) is 9.69 Å². The van der Waals surface area contributed by atoms with Crippen LogP contribution in [0.5, 0.6) is 5.75 Å². The number of nitrogens with two attached hydrogens (primary N) is 1. The van der Waals surface area contributed by atoms with E-state index in [-0.39, 0.29) is 5.91 Å². The number of amides is 1. The highest BCUT2D eigenvalue weighted by atomic mass is 16.5. The molecule has 19 heavy (non-hydrogen) atoms. The minimum atomic E-state index is 0.0893. The first-order valence-corrected chi connectivity index (χ1v) is 6.58. The van der Waals surface area contributed by atoms with Gasteiger partial charge in [0.05, 0.1) is 13.7 Å². The molecule has 1 aromatic rings. The van der Waals surface area contributed by atoms with E-state index in [0.717, 1.165) is 36.4 Å². The van der Waals surface area contributed by atoms with Crippen molar-refractivity contribution >= 4 is 5.91 Å². The van der Waals surface area contributed by atoms with Crippen molar-refractivity contribution in [1.82, 2.24) is 10.2 Å². The molecular formula is C14H21N3O2. The van der Waals surface area contributed by atoms with Gasteiger partial charge in [0.25, 0.3) is 0 Å². The highest BCUT2D eigenvalue weighted by molar-refractivity contribution is 5.78. The lowest BCUT2D eigenvalue weighted by atomic mass is 10.1. The van der Waals surface area contributed by atoms with Crippen LogP contribution in [0.1, 0.15) is 17.5 Å². The number of hydrogen-bond donors (Lipinski definition) is 2. The molecule has 1 saturated heterocycles. The number of rotatable bonds is 4. The molecule has 0 bridgehead atoms. The van der Waals surface area contributed by atoms with Gasteiger partial charge in [-0.1, -0.05) is 6.07 Å². The van der Waals surface area contributed by atoms with Gasteiger partial charge in [0, 0.05) is 31.7 Å². The van der Waals surface area contributed by atoms with Gasteiger partial charge in [-0.05, 0) is 24.1 Å². The Morgan fingerprint density at radius 2 is 2.32 bits per heavy atom. The Bertz CT molecular complexity index is 448. The molecule has 5 nitrogen and oxygen atoms in total. The molecule has 0 saturated carbocycles. The molecule has 1 aliphatic rings. The van der Waals surface area contributed by atoms with Crippen LogP contribution in [-0.2, 0) is 17.9 Å². The average molecular weight is 263 g/mol. The zero-order chi connectivity index (χ0) is 13.7. The normalized spacial score (nSPS) is 16.8. The van der Waals surface area contributed by atoms with E-state index < -0.39 is 0 Å². The number of ether oxygens (including phenoxy) is 1. The summed E-state index contributed by atoms with van der Waals surface area (Å²) in [5.74, 6) is 0.938. The summed E-state index contributed by atoms with van der Waals surface area (Å²) in [5, 5.41) is 2.88. The minimum absolute atomic E-state index is 0.0893. The predicted octanol–water partition coefficient (Wildman–Crippen LogP) is 0.476. The molecule has 5 heteroatoms. The second kappa shape index (κ2) is 6.54. The van der Waals surface area contributed by atoms with Crippen molar-refractivity contribution in [3.05, 3.63) is 29.3 Å². The van der Waals surface area contributed by atoms with Crippen LogP contribution in [-0.4, -0.2) is 37.6 Å². The summed E-state index contributed by atoms with van der Waals surface area (Å²) in [4.78, 5) is 13.7. The van der Waals surface area contributed by atoms with E-state index in [1.807, 2.05) is 12.1 Å². The van der Waals surface area contributed by atoms with Crippen LogP contribution in [0, 0.1) is 0 Å². The summed E-state index contributed by atoms with van der Waals surface area (Å²) in [6.45, 7) is 3.34. The summed E-state index contributed by atoms with van der Waals surface area (Å²) in [7, 11) is 1.66. The third-order valence-electron chi connectivity index (χ3n) is 3.31. The largest absolute Gasteiger partial charge is 0.496 e. The lowest BCUT2D eigenvalue weighted by molar-refractivity contribution is -0.121. The number of hydrogen-bond acceptors (Lipinski definition) is 4. The van der Waals surface area contributed by atoms with Gasteiger partial charge in [-0.2, -0.15) is 0 Å². The second-order valence-electron chi connectivity index (χ2n) is 4.76. The topological polar surface area (TPSA) is 67.6 Å². The van der Waals surface area contributed by atoms with Gasteiger partial charge in [-0.15, -0.1) is 0 Å². The molecule has 0 aliphatic carbocycles. The van der Waals surface area contributed by atoms with Crippen LogP contribution in [0.4, 0.5) is 0 Å². The van der Waals surface area contributed by atoms with Crippen LogP contribution >= 0.6 is 0 Å². The smallest absolute Gasteiger partial charge is 0.234 e. The monoisotopic (exact) mass is 263 g/mol. The van der Waals surface area contributed by atoms with Crippen LogP contribution in [0.2, 0.25) is 0 Å². The summed E-state index contributed by atoms with van der Waals surface area (Å²) in [6, 6.07) is 5.97. The average Bonchev–Trinajstić information content (AvgIpc) is 2.63. The van der Waals surface area contributed by atoms with Crippen molar-refractivity contribution in [3.63, 3.8) is 0 Å². The molecule has 1 fully saturated rings. The Balaban J connectivity index is 2.14. The van der Waals surface area contributed by atoms with Crippen LogP contribution < -0.4 is 15.8 Å². The van der Waals surface area contributed by atoms with Crippen molar-refractivity contribution < 1.29 is 9.53 Å². The van der Waals surface area contributed by atoms with Crippen molar-refractivity contribution in [2.24, 2.45) is 5.73 Å². The number of nitrogens with one attached hydrogen (secondary N) is 1. The lowest BCUT2D eigenvalue weighted by Crippen LogP contribution is -2.32. The van der Waals surface area contributed by atoms with Gasteiger partial charge in [0.2, 0.25) is 5.91 Å². The SMILES string of the molecule is COc1ccc(CN)cc1CN1CCCNC(=O)C1. The highest BCUT2D eigenvalue weighted by Gasteiger charge is 2.16. The van der Waals surface area contributed by atoms with E-state index in [0.29, 0.717) is 19.6 Å². The summed E-state index contributed by atoms with van der Waals surface area (Å²) >= 11 is 0. The zero-order valence-corrected chi connectivity index (χ0v) is 11.3. The van der Waals surface area contributed by atoms with E-state index in [4.69, 9.17) is 10.5 Å². The lowest BCUT2D eigenvalue weighted by Gasteiger charge is -2.20. The first-order valence-electron chi connectivity index (χ1n) is 6.58. The molecule has 1 aliphatic heterocycles. The fourth-order valence-electron chi connectivity index (χ4n) is 2.33. The Labute approximate surface area is 113 Å². The van der Waals surface area contributed by atoms with Crippen molar-refractivity contribution in [2.45, 2.75) is 19.5 Å². The number of benzene rings is 1. The molecule has 104 valence electrons. The molecule has 0 unspecified atom stereocenters. The minimum Gasteiger partial charge on any atom is -0.496 e. The predicted molar refractivity (Wildman–Crippen MR) is 73.8 cm³/mol. The molecule has 1 heterocycles. The number of methoxy groups -OCH3 is 1. The van der Waals surface area contributed by atoms with Gasteiger partial charge < -0.3 is 15.8 Å². The molecule has 1 amide bonds.